The van der Waals surface area contributed by atoms with Crippen LogP contribution in [0.4, 0.5) is 4.39 Å². The van der Waals surface area contributed by atoms with Crippen LogP contribution in [-0.2, 0) is 16.4 Å². The number of rotatable bonds is 6. The highest BCUT2D eigenvalue weighted by Crippen LogP contribution is 2.40. The third kappa shape index (κ3) is 4.53. The zero-order valence-corrected chi connectivity index (χ0v) is 19.0. The first-order valence-electron chi connectivity index (χ1n) is 11.0. The molecule has 176 valence electrons. The van der Waals surface area contributed by atoms with Crippen molar-refractivity contribution in [3.05, 3.63) is 83.4 Å². The molecule has 1 amide bonds. The van der Waals surface area contributed by atoms with Crippen molar-refractivity contribution >= 4 is 15.9 Å². The minimum absolute atomic E-state index is 0.0370. The topological polar surface area (TPSA) is 106 Å². The first-order chi connectivity index (χ1) is 16.3. The van der Waals surface area contributed by atoms with E-state index in [1.165, 1.54) is 12.1 Å². The lowest BCUT2D eigenvalue weighted by Crippen LogP contribution is -2.33. The molecule has 3 aromatic rings. The Morgan fingerprint density at radius 2 is 1.97 bits per heavy atom. The SMILES string of the molecule is O=C(NS(=O)(=O)C1CC1)c1ccc(F)cc1-c1ccc2c(c1)OCC(Cc1ccccn1)[C@@H]2O. The van der Waals surface area contributed by atoms with E-state index in [1.807, 2.05) is 18.2 Å². The van der Waals surface area contributed by atoms with Gasteiger partial charge in [-0.25, -0.2) is 17.5 Å². The fourth-order valence-corrected chi connectivity index (χ4v) is 5.46. The van der Waals surface area contributed by atoms with Gasteiger partial charge in [0.2, 0.25) is 10.0 Å². The number of nitrogens with one attached hydrogen (secondary N) is 1. The van der Waals surface area contributed by atoms with Crippen LogP contribution in [0.15, 0.2) is 60.8 Å². The molecule has 0 spiro atoms. The van der Waals surface area contributed by atoms with E-state index >= 15 is 0 Å². The Hall–Kier alpha value is -3.30. The maximum Gasteiger partial charge on any atom is 0.265 e. The summed E-state index contributed by atoms with van der Waals surface area (Å²) in [6, 6.07) is 14.2. The predicted molar refractivity (Wildman–Crippen MR) is 123 cm³/mol. The van der Waals surface area contributed by atoms with Gasteiger partial charge in [-0.3, -0.25) is 9.78 Å². The molecule has 2 N–H and O–H groups in total. The van der Waals surface area contributed by atoms with Crippen LogP contribution in [0, 0.1) is 11.7 Å². The van der Waals surface area contributed by atoms with E-state index in [4.69, 9.17) is 4.74 Å². The number of fused-ring (bicyclic) bond motifs is 1. The Morgan fingerprint density at radius 3 is 2.71 bits per heavy atom. The summed E-state index contributed by atoms with van der Waals surface area (Å²) in [5.41, 5.74) is 2.19. The average Bonchev–Trinajstić information content (AvgIpc) is 3.67. The van der Waals surface area contributed by atoms with Crippen LogP contribution in [0.2, 0.25) is 0 Å². The molecule has 1 fully saturated rings. The van der Waals surface area contributed by atoms with Crippen molar-refractivity contribution in [3.63, 3.8) is 0 Å². The maximum absolute atomic E-state index is 14.1. The summed E-state index contributed by atoms with van der Waals surface area (Å²) in [4.78, 5) is 17.1. The molecule has 5 rings (SSSR count). The van der Waals surface area contributed by atoms with Gasteiger partial charge in [-0.2, -0.15) is 0 Å². The number of aliphatic hydroxyl groups is 1. The van der Waals surface area contributed by atoms with E-state index in [-0.39, 0.29) is 23.7 Å². The second-order valence-corrected chi connectivity index (χ2v) is 10.6. The monoisotopic (exact) mass is 482 g/mol. The molecule has 34 heavy (non-hydrogen) atoms. The quantitative estimate of drug-likeness (QED) is 0.558. The number of aromatic nitrogens is 1. The summed E-state index contributed by atoms with van der Waals surface area (Å²) >= 11 is 0. The molecule has 2 atom stereocenters. The number of benzene rings is 2. The molecule has 1 unspecified atom stereocenters. The first-order valence-corrected chi connectivity index (χ1v) is 12.6. The number of carbonyl (C=O) groups excluding carboxylic acids is 1. The lowest BCUT2D eigenvalue weighted by Gasteiger charge is -2.30. The fourth-order valence-electron chi connectivity index (χ4n) is 4.17. The van der Waals surface area contributed by atoms with Gasteiger partial charge < -0.3 is 9.84 Å². The van der Waals surface area contributed by atoms with E-state index in [9.17, 15) is 22.7 Å². The van der Waals surface area contributed by atoms with Crippen LogP contribution in [0.3, 0.4) is 0 Å². The highest BCUT2D eigenvalue weighted by atomic mass is 32.2. The molecule has 0 bridgehead atoms. The summed E-state index contributed by atoms with van der Waals surface area (Å²) in [7, 11) is -3.75. The number of hydrogen-bond donors (Lipinski definition) is 2. The van der Waals surface area contributed by atoms with Gasteiger partial charge in [0.15, 0.2) is 0 Å². The van der Waals surface area contributed by atoms with Crippen LogP contribution in [0.1, 0.15) is 40.6 Å². The summed E-state index contributed by atoms with van der Waals surface area (Å²) in [6.07, 6.45) is 2.51. The number of sulfonamides is 1. The third-order valence-electron chi connectivity index (χ3n) is 6.16. The van der Waals surface area contributed by atoms with Crippen LogP contribution in [0.5, 0.6) is 5.75 Å². The van der Waals surface area contributed by atoms with Crippen molar-refractivity contribution in [2.75, 3.05) is 6.61 Å². The molecule has 9 heteroatoms. The summed E-state index contributed by atoms with van der Waals surface area (Å²) in [5, 5.41) is 10.4. The lowest BCUT2D eigenvalue weighted by molar-refractivity contribution is 0.0503. The van der Waals surface area contributed by atoms with Gasteiger partial charge in [0, 0.05) is 28.9 Å². The minimum atomic E-state index is -3.75. The molecule has 1 aliphatic heterocycles. The number of ether oxygens (including phenoxy) is 1. The standard InChI is InChI=1S/C25H23FN2O5S/c26-17-5-9-20(25(30)28-34(31,32)19-6-7-19)22(13-17)15-4-8-21-23(12-15)33-14-16(24(21)29)11-18-3-1-2-10-27-18/h1-5,8-10,12-13,16,19,24,29H,6-7,11,14H2,(H,28,30)/t16?,24-/m0/s1. The Morgan fingerprint density at radius 1 is 1.15 bits per heavy atom. The Labute approximate surface area is 196 Å². The van der Waals surface area contributed by atoms with Gasteiger partial charge in [-0.05, 0) is 66.8 Å². The van der Waals surface area contributed by atoms with Crippen molar-refractivity contribution in [3.8, 4) is 16.9 Å². The molecule has 2 aromatic carbocycles. The van der Waals surface area contributed by atoms with Gasteiger partial charge in [0.1, 0.15) is 11.6 Å². The van der Waals surface area contributed by atoms with Gasteiger partial charge in [-0.15, -0.1) is 0 Å². The summed E-state index contributed by atoms with van der Waals surface area (Å²) in [6.45, 7) is 0.268. The molecule has 0 saturated heterocycles. The molecule has 2 heterocycles. The number of carbonyl (C=O) groups is 1. The number of amides is 1. The van der Waals surface area contributed by atoms with Crippen LogP contribution in [0.25, 0.3) is 11.1 Å². The first kappa shape index (κ1) is 22.5. The highest BCUT2D eigenvalue weighted by molar-refractivity contribution is 7.91. The number of pyridine rings is 1. The van der Waals surface area contributed by atoms with Gasteiger partial charge in [0.25, 0.3) is 5.91 Å². The largest absolute Gasteiger partial charge is 0.493 e. The van der Waals surface area contributed by atoms with Crippen LogP contribution >= 0.6 is 0 Å². The maximum atomic E-state index is 14.1. The zero-order valence-electron chi connectivity index (χ0n) is 18.1. The molecule has 7 nitrogen and oxygen atoms in total. The van der Waals surface area contributed by atoms with E-state index in [1.54, 1.807) is 24.4 Å². The average molecular weight is 483 g/mol. The Bertz CT molecular complexity index is 1340. The van der Waals surface area contributed by atoms with E-state index in [2.05, 4.69) is 9.71 Å². The van der Waals surface area contributed by atoms with Crippen LogP contribution < -0.4 is 9.46 Å². The Kier molecular flexibility index (Phi) is 5.83. The fraction of sp³-hybridized carbons (Fsp3) is 0.280. The van der Waals surface area contributed by atoms with Crippen molar-refractivity contribution in [2.45, 2.75) is 30.6 Å². The third-order valence-corrected chi connectivity index (χ3v) is 7.98. The second kappa shape index (κ2) is 8.81. The van der Waals surface area contributed by atoms with Gasteiger partial charge in [-0.1, -0.05) is 18.2 Å². The summed E-state index contributed by atoms with van der Waals surface area (Å²) in [5.74, 6) is -1.12. The number of hydrogen-bond acceptors (Lipinski definition) is 6. The zero-order chi connectivity index (χ0) is 23.9. The molecule has 1 aromatic heterocycles. The van der Waals surface area contributed by atoms with Gasteiger partial charge in [0.05, 0.1) is 18.0 Å². The van der Waals surface area contributed by atoms with Gasteiger partial charge >= 0.3 is 0 Å². The van der Waals surface area contributed by atoms with Crippen molar-refractivity contribution < 1.29 is 27.4 Å². The number of aliphatic hydroxyl groups excluding tert-OH is 1. The van der Waals surface area contributed by atoms with E-state index < -0.39 is 33.1 Å². The Balaban J connectivity index is 1.42. The van der Waals surface area contributed by atoms with Crippen molar-refractivity contribution in [1.82, 2.24) is 9.71 Å². The molecule has 2 aliphatic rings. The predicted octanol–water partition coefficient (Wildman–Crippen LogP) is 3.39. The lowest BCUT2D eigenvalue weighted by atomic mass is 9.88. The molecular weight excluding hydrogens is 459 g/mol. The van der Waals surface area contributed by atoms with Crippen molar-refractivity contribution in [1.29, 1.82) is 0 Å². The molecule has 1 aliphatic carbocycles. The second-order valence-electron chi connectivity index (χ2n) is 8.66. The van der Waals surface area contributed by atoms with Crippen molar-refractivity contribution in [2.24, 2.45) is 5.92 Å². The number of nitrogens with zero attached hydrogens (tertiary/aromatic N) is 1. The molecule has 0 radical (unpaired) electrons. The minimum Gasteiger partial charge on any atom is -0.493 e. The number of halogens is 1. The normalized spacial score (nSPS) is 19.7. The van der Waals surface area contributed by atoms with E-state index in [0.717, 1.165) is 11.8 Å². The summed E-state index contributed by atoms with van der Waals surface area (Å²) < 4.78 is 46.6. The van der Waals surface area contributed by atoms with E-state index in [0.29, 0.717) is 36.1 Å². The van der Waals surface area contributed by atoms with Crippen LogP contribution in [-0.4, -0.2) is 36.3 Å². The molecular formula is C25H23FN2O5S. The smallest absolute Gasteiger partial charge is 0.265 e. The highest BCUT2D eigenvalue weighted by Gasteiger charge is 2.37. The molecule has 1 saturated carbocycles.